The molecule has 18 nitrogen and oxygen atoms in total. The molecule has 1 aromatic heterocycles. The first-order chi connectivity index (χ1) is 27.6. The number of benzene rings is 2. The third-order valence-electron chi connectivity index (χ3n) is 9.31. The van der Waals surface area contributed by atoms with E-state index < -0.39 is 83.5 Å². The fraction of sp³-hybridized carbons (Fsp3) is 0.395. The summed E-state index contributed by atoms with van der Waals surface area (Å²) >= 11 is 4.73. The van der Waals surface area contributed by atoms with Gasteiger partial charge in [0, 0.05) is 42.8 Å². The van der Waals surface area contributed by atoms with Crippen molar-refractivity contribution < 1.29 is 38.9 Å². The molecule has 3 aromatic rings. The number of aliphatic hydroxyl groups is 1. The Kier molecular flexibility index (Phi) is 16.7. The predicted molar refractivity (Wildman–Crippen MR) is 218 cm³/mol. The number of aromatic amines is 1. The molecule has 5 amide bonds. The largest absolute Gasteiger partial charge is 0.480 e. The molecular weight excluding hydrogens is 840 g/mol. The van der Waals surface area contributed by atoms with E-state index >= 15 is 0 Å². The van der Waals surface area contributed by atoms with Gasteiger partial charge in [0.1, 0.15) is 30.0 Å². The first-order valence-corrected chi connectivity index (χ1v) is 20.3. The van der Waals surface area contributed by atoms with Crippen LogP contribution in [0.15, 0.2) is 92.9 Å². The van der Waals surface area contributed by atoms with Crippen molar-refractivity contribution in [2.24, 2.45) is 5.73 Å². The highest BCUT2D eigenvalue weighted by atomic mass is 79.9. The van der Waals surface area contributed by atoms with Gasteiger partial charge >= 0.3 is 17.7 Å². The molecule has 20 heteroatoms. The number of carboxylic acids is 1. The van der Waals surface area contributed by atoms with E-state index in [0.717, 1.165) is 33.1 Å². The van der Waals surface area contributed by atoms with Crippen molar-refractivity contribution in [1.29, 1.82) is 0 Å². The van der Waals surface area contributed by atoms with Gasteiger partial charge < -0.3 is 46.9 Å². The Morgan fingerprint density at radius 1 is 1.02 bits per heavy atom. The van der Waals surface area contributed by atoms with E-state index in [1.165, 1.54) is 30.6 Å². The molecule has 9 N–H and O–H groups in total. The molecule has 1 saturated heterocycles. The summed E-state index contributed by atoms with van der Waals surface area (Å²) in [5.74, 6) is -3.00. The maximum Gasteiger partial charge on any atom is 0.331 e. The van der Waals surface area contributed by atoms with E-state index in [1.54, 1.807) is 30.5 Å². The van der Waals surface area contributed by atoms with E-state index in [4.69, 9.17) is 10.5 Å². The highest BCUT2D eigenvalue weighted by Gasteiger charge is 2.37. The highest BCUT2D eigenvalue weighted by molar-refractivity contribution is 9.10. The summed E-state index contributed by atoms with van der Waals surface area (Å²) in [6.07, 6.45) is 1.74. The van der Waals surface area contributed by atoms with Crippen LogP contribution < -0.4 is 38.2 Å². The van der Waals surface area contributed by atoms with Crippen molar-refractivity contribution in [3.63, 3.8) is 0 Å². The number of urea groups is 1. The van der Waals surface area contributed by atoms with Gasteiger partial charge in [-0.3, -0.25) is 28.7 Å². The number of aliphatic carboxylic acids is 1. The average Bonchev–Trinajstić information content (AvgIpc) is 3.56. The van der Waals surface area contributed by atoms with Gasteiger partial charge in [0.25, 0.3) is 5.56 Å². The maximum atomic E-state index is 14.0. The standard InChI is InChI=1S/C38H47BrN8O10S/c1-21(46(2)34(52)26(40)17-22-8-5-4-6-9-22)31(33(51)41-20-25-19-29(48)35(57-25)47-14-12-30(49)44-38(47)56)45-32(50)27(13-15-58-3)42-37(55)43-28(36(53)54)18-23-10-7-11-24(39)16-23/h4-12,14,16,20-21,26-29,31,35,48H,13,15,17-19,40H2,1-3H3,(H,41,51)(H,45,50)(H,53,54)(H2,42,43,55)(H,44,49,56). The Hall–Kier alpha value is -5.44. The van der Waals surface area contributed by atoms with E-state index in [0.29, 0.717) is 11.3 Å². The summed E-state index contributed by atoms with van der Waals surface area (Å²) < 4.78 is 7.42. The molecule has 58 heavy (non-hydrogen) atoms. The van der Waals surface area contributed by atoms with Gasteiger partial charge in [-0.2, -0.15) is 11.8 Å². The zero-order valence-electron chi connectivity index (χ0n) is 31.9. The van der Waals surface area contributed by atoms with Gasteiger partial charge in [-0.25, -0.2) is 14.4 Å². The number of hydrogen-bond acceptors (Lipinski definition) is 11. The van der Waals surface area contributed by atoms with Gasteiger partial charge in [0.15, 0.2) is 0 Å². The molecule has 312 valence electrons. The minimum absolute atomic E-state index is 0.0466. The Morgan fingerprint density at radius 2 is 1.71 bits per heavy atom. The fourth-order valence-corrected chi connectivity index (χ4v) is 6.97. The Morgan fingerprint density at radius 3 is 2.36 bits per heavy atom. The minimum atomic E-state index is -1.46. The zero-order chi connectivity index (χ0) is 42.5. The number of aliphatic hydroxyl groups excluding tert-OH is 1. The van der Waals surface area contributed by atoms with Crippen LogP contribution >= 0.6 is 27.7 Å². The molecule has 1 aliphatic heterocycles. The summed E-state index contributed by atoms with van der Waals surface area (Å²) in [5, 5.41) is 30.6. The minimum Gasteiger partial charge on any atom is -0.480 e. The summed E-state index contributed by atoms with van der Waals surface area (Å²) in [7, 11) is 1.43. The molecule has 7 atom stereocenters. The number of nitrogens with zero attached hydrogens (tertiary/aromatic N) is 2. The molecule has 1 aliphatic rings. The van der Waals surface area contributed by atoms with Crippen molar-refractivity contribution in [2.75, 3.05) is 19.1 Å². The van der Waals surface area contributed by atoms with Crippen LogP contribution in [0.5, 0.6) is 0 Å². The monoisotopic (exact) mass is 886 g/mol. The van der Waals surface area contributed by atoms with Gasteiger partial charge in [-0.05, 0) is 55.0 Å². The molecule has 0 saturated carbocycles. The number of likely N-dealkylation sites (N-methyl/N-ethyl adjacent to an activating group) is 1. The predicted octanol–water partition coefficient (Wildman–Crippen LogP) is 0.555. The Balaban J connectivity index is 1.54. The second-order valence-electron chi connectivity index (χ2n) is 13.6. The van der Waals surface area contributed by atoms with Crippen LogP contribution in [0.4, 0.5) is 4.79 Å². The number of rotatable bonds is 18. The van der Waals surface area contributed by atoms with Gasteiger partial charge in [0.2, 0.25) is 23.9 Å². The lowest BCUT2D eigenvalue weighted by Crippen LogP contribution is -2.62. The fourth-order valence-electron chi connectivity index (χ4n) is 6.06. The lowest BCUT2D eigenvalue weighted by atomic mass is 10.0. The van der Waals surface area contributed by atoms with E-state index in [2.05, 4.69) is 42.2 Å². The second kappa shape index (κ2) is 21.4. The van der Waals surface area contributed by atoms with E-state index in [9.17, 15) is 43.8 Å². The molecule has 1 fully saturated rings. The molecule has 4 rings (SSSR count). The smallest absolute Gasteiger partial charge is 0.331 e. The highest BCUT2D eigenvalue weighted by Crippen LogP contribution is 2.30. The topological polar surface area (TPSA) is 267 Å². The molecule has 0 spiro atoms. The number of nitrogens with two attached hydrogens (primary N) is 1. The molecular formula is C38H47BrN8O10S. The molecule has 2 aromatic carbocycles. The van der Waals surface area contributed by atoms with Gasteiger partial charge in [-0.15, -0.1) is 0 Å². The molecule has 0 radical (unpaired) electrons. The van der Waals surface area contributed by atoms with Crippen LogP contribution in [0.25, 0.3) is 0 Å². The van der Waals surface area contributed by atoms with E-state index in [-0.39, 0.29) is 31.4 Å². The zero-order valence-corrected chi connectivity index (χ0v) is 34.3. The summed E-state index contributed by atoms with van der Waals surface area (Å²) in [6, 6.07) is 10.1. The van der Waals surface area contributed by atoms with Crippen molar-refractivity contribution >= 4 is 57.4 Å². The maximum absolute atomic E-state index is 14.0. The average molecular weight is 888 g/mol. The van der Waals surface area contributed by atoms with Crippen LogP contribution in [0.3, 0.4) is 0 Å². The number of ether oxygens (including phenoxy) is 1. The first-order valence-electron chi connectivity index (χ1n) is 18.1. The number of thioether (sulfide) groups is 1. The van der Waals surface area contributed by atoms with Gasteiger partial charge in [0.05, 0.1) is 12.1 Å². The summed E-state index contributed by atoms with van der Waals surface area (Å²) in [5.41, 5.74) is 6.28. The van der Waals surface area contributed by atoms with Crippen LogP contribution in [-0.2, 0) is 36.8 Å². The molecule has 7 unspecified atom stereocenters. The number of nitrogens with one attached hydrogen (secondary N) is 5. The number of halogens is 1. The van der Waals surface area contributed by atoms with E-state index in [1.807, 2.05) is 30.3 Å². The SMILES string of the molecule is CSCCC(NC(=O)NC(Cc1cccc(Br)c1)C(=O)O)C(=O)NC(C(=O)NC=C1CC(O)C(n2ccc(=O)[nH]c2=O)O1)C(C)N(C)C(=O)C(N)Cc1ccccc1. The lowest BCUT2D eigenvalue weighted by molar-refractivity contribution is -0.139. The molecule has 0 bridgehead atoms. The third kappa shape index (κ3) is 12.8. The molecule has 0 aliphatic carbocycles. The van der Waals surface area contributed by atoms with Crippen molar-refractivity contribution in [1.82, 2.24) is 35.7 Å². The number of carbonyl (C=O) groups excluding carboxylic acids is 4. The number of H-pyrrole nitrogens is 1. The van der Waals surface area contributed by atoms with Crippen molar-refractivity contribution in [2.45, 2.75) is 75.1 Å². The molecule has 2 heterocycles. The number of hydrogen-bond donors (Lipinski definition) is 8. The lowest BCUT2D eigenvalue weighted by Gasteiger charge is -2.34. The third-order valence-corrected chi connectivity index (χ3v) is 10.5. The van der Waals surface area contributed by atoms with Crippen LogP contribution in [-0.4, -0.2) is 110 Å². The van der Waals surface area contributed by atoms with Gasteiger partial charge in [-0.1, -0.05) is 58.4 Å². The number of carboxylic acid groups (broad SMARTS) is 1. The van der Waals surface area contributed by atoms with Crippen molar-refractivity contribution in [3.05, 3.63) is 115 Å². The van der Waals surface area contributed by atoms with Crippen LogP contribution in [0.2, 0.25) is 0 Å². The Labute approximate surface area is 346 Å². The number of amides is 5. The van der Waals surface area contributed by atoms with Crippen LogP contribution in [0.1, 0.15) is 37.1 Å². The summed E-state index contributed by atoms with van der Waals surface area (Å²) in [6.45, 7) is 1.52. The normalized spacial score (nSPS) is 18.1. The second-order valence-corrected chi connectivity index (χ2v) is 15.5. The first kappa shape index (κ1) is 45.3. The quantitative estimate of drug-likeness (QED) is 0.0871. The summed E-state index contributed by atoms with van der Waals surface area (Å²) in [4.78, 5) is 93.9. The van der Waals surface area contributed by atoms with Crippen LogP contribution in [0, 0.1) is 0 Å². The Bertz CT molecular complexity index is 2080. The van der Waals surface area contributed by atoms with Crippen molar-refractivity contribution in [3.8, 4) is 0 Å². The number of aromatic nitrogens is 2. The number of carbonyl (C=O) groups is 5.